The zero-order valence-corrected chi connectivity index (χ0v) is 13.2. The van der Waals surface area contributed by atoms with Gasteiger partial charge in [0.2, 0.25) is 11.0 Å². The van der Waals surface area contributed by atoms with Crippen molar-refractivity contribution in [1.29, 1.82) is 0 Å². The van der Waals surface area contributed by atoms with Gasteiger partial charge in [0.25, 0.3) is 5.91 Å². The van der Waals surface area contributed by atoms with Gasteiger partial charge in [0.1, 0.15) is 0 Å². The number of hydrogen-bond donors (Lipinski definition) is 2. The van der Waals surface area contributed by atoms with Crippen LogP contribution >= 0.6 is 39.0 Å². The van der Waals surface area contributed by atoms with Gasteiger partial charge in [-0.25, -0.2) is 0 Å². The number of amides is 2. The second kappa shape index (κ2) is 6.82. The molecule has 9 heteroatoms. The molecule has 0 radical (unpaired) electrons. The summed E-state index contributed by atoms with van der Waals surface area (Å²) in [6.07, 6.45) is 0. The van der Waals surface area contributed by atoms with E-state index in [0.717, 1.165) is 4.47 Å². The van der Waals surface area contributed by atoms with E-state index in [0.29, 0.717) is 15.0 Å². The Labute approximate surface area is 131 Å². The third-order valence-electron chi connectivity index (χ3n) is 2.05. The Kier molecular flexibility index (Phi) is 5.10. The maximum Gasteiger partial charge on any atom is 0.257 e. The topological polar surface area (TPSA) is 98.0 Å². The van der Waals surface area contributed by atoms with E-state index in [9.17, 15) is 9.59 Å². The van der Waals surface area contributed by atoms with Crippen LogP contribution in [0.25, 0.3) is 0 Å². The molecule has 6 nitrogen and oxygen atoms in total. The Balaban J connectivity index is 1.99. The van der Waals surface area contributed by atoms with Crippen molar-refractivity contribution in [2.45, 2.75) is 4.34 Å². The summed E-state index contributed by atoms with van der Waals surface area (Å²) in [5.74, 6) is -0.562. The van der Waals surface area contributed by atoms with Crippen molar-refractivity contribution in [2.75, 3.05) is 11.1 Å². The lowest BCUT2D eigenvalue weighted by molar-refractivity contribution is -0.115. The van der Waals surface area contributed by atoms with E-state index in [1.165, 1.54) is 23.1 Å². The lowest BCUT2D eigenvalue weighted by atomic mass is 10.2. The maximum absolute atomic E-state index is 12.0. The summed E-state index contributed by atoms with van der Waals surface area (Å²) in [5, 5.41) is 10.7. The number of thioether (sulfide) groups is 1. The molecule has 0 aliphatic heterocycles. The molecule has 0 atom stereocenters. The van der Waals surface area contributed by atoms with E-state index in [1.807, 2.05) is 6.07 Å². The van der Waals surface area contributed by atoms with Crippen molar-refractivity contribution >= 4 is 56.0 Å². The van der Waals surface area contributed by atoms with Gasteiger partial charge in [0.05, 0.1) is 5.75 Å². The second-order valence-electron chi connectivity index (χ2n) is 3.59. The van der Waals surface area contributed by atoms with Gasteiger partial charge in [-0.05, 0) is 18.2 Å². The zero-order valence-electron chi connectivity index (χ0n) is 10.00. The van der Waals surface area contributed by atoms with E-state index in [4.69, 9.17) is 5.73 Å². The molecule has 0 bridgehead atoms. The number of anilines is 1. The van der Waals surface area contributed by atoms with Gasteiger partial charge in [-0.3, -0.25) is 14.9 Å². The molecule has 0 aliphatic rings. The minimum atomic E-state index is -0.426. The molecule has 0 aliphatic carbocycles. The number of aromatic nitrogens is 2. The molecule has 1 heterocycles. The first kappa shape index (κ1) is 14.9. The van der Waals surface area contributed by atoms with E-state index in [2.05, 4.69) is 31.4 Å². The van der Waals surface area contributed by atoms with E-state index in [-0.39, 0.29) is 11.7 Å². The van der Waals surface area contributed by atoms with Gasteiger partial charge in [-0.15, -0.1) is 10.2 Å². The van der Waals surface area contributed by atoms with E-state index in [1.54, 1.807) is 18.2 Å². The normalized spacial score (nSPS) is 10.2. The van der Waals surface area contributed by atoms with Crippen LogP contribution in [0.15, 0.2) is 33.1 Å². The number of primary amides is 1. The summed E-state index contributed by atoms with van der Waals surface area (Å²) < 4.78 is 1.40. The number of nitrogens with zero attached hydrogens (tertiary/aromatic N) is 2. The van der Waals surface area contributed by atoms with Crippen LogP contribution < -0.4 is 11.1 Å². The molecular formula is C11H9BrN4O2S2. The first-order chi connectivity index (χ1) is 9.54. The fraction of sp³-hybridized carbons (Fsp3) is 0.0909. The third-order valence-corrected chi connectivity index (χ3v) is 4.54. The summed E-state index contributed by atoms with van der Waals surface area (Å²) in [6, 6.07) is 7.01. The molecule has 2 amide bonds. The second-order valence-corrected chi connectivity index (χ2v) is 6.71. The predicted molar refractivity (Wildman–Crippen MR) is 81.9 cm³/mol. The highest BCUT2D eigenvalue weighted by Gasteiger charge is 2.11. The lowest BCUT2D eigenvalue weighted by Gasteiger charge is -2.01. The molecule has 2 rings (SSSR count). The Morgan fingerprint density at radius 2 is 2.20 bits per heavy atom. The molecule has 1 aromatic carbocycles. The number of hydrogen-bond acceptors (Lipinski definition) is 6. The number of nitrogens with one attached hydrogen (secondary N) is 1. The number of halogens is 1. The highest BCUT2D eigenvalue weighted by Crippen LogP contribution is 2.25. The fourth-order valence-electron chi connectivity index (χ4n) is 1.25. The van der Waals surface area contributed by atoms with Crippen LogP contribution in [0.1, 0.15) is 10.4 Å². The largest absolute Gasteiger partial charge is 0.369 e. The molecule has 3 N–H and O–H groups in total. The first-order valence-corrected chi connectivity index (χ1v) is 7.95. The van der Waals surface area contributed by atoms with Crippen LogP contribution in [-0.2, 0) is 4.79 Å². The highest BCUT2D eigenvalue weighted by molar-refractivity contribution is 9.10. The molecule has 0 unspecified atom stereocenters. The zero-order chi connectivity index (χ0) is 14.5. The highest BCUT2D eigenvalue weighted by atomic mass is 79.9. The van der Waals surface area contributed by atoms with Crippen LogP contribution in [-0.4, -0.2) is 27.8 Å². The maximum atomic E-state index is 12.0. The SMILES string of the molecule is NC(=O)CSc1nnc(NC(=O)c2cccc(Br)c2)s1. The van der Waals surface area contributed by atoms with Crippen LogP contribution in [0.5, 0.6) is 0 Å². The van der Waals surface area contributed by atoms with Gasteiger partial charge in [-0.2, -0.15) is 0 Å². The molecule has 20 heavy (non-hydrogen) atoms. The predicted octanol–water partition coefficient (Wildman–Crippen LogP) is 2.13. The Morgan fingerprint density at radius 1 is 1.40 bits per heavy atom. The summed E-state index contributed by atoms with van der Waals surface area (Å²) in [6.45, 7) is 0. The monoisotopic (exact) mass is 372 g/mol. The molecule has 1 aromatic heterocycles. The van der Waals surface area contributed by atoms with Gasteiger partial charge < -0.3 is 5.73 Å². The smallest absolute Gasteiger partial charge is 0.257 e. The van der Waals surface area contributed by atoms with Crippen molar-refractivity contribution in [3.05, 3.63) is 34.3 Å². The van der Waals surface area contributed by atoms with Crippen molar-refractivity contribution < 1.29 is 9.59 Å². The van der Waals surface area contributed by atoms with Crippen LogP contribution in [0, 0.1) is 0 Å². The molecule has 0 saturated carbocycles. The third kappa shape index (κ3) is 4.29. The van der Waals surface area contributed by atoms with Crippen molar-refractivity contribution in [3.63, 3.8) is 0 Å². The molecule has 2 aromatic rings. The first-order valence-electron chi connectivity index (χ1n) is 5.36. The van der Waals surface area contributed by atoms with Crippen molar-refractivity contribution in [1.82, 2.24) is 10.2 Å². The van der Waals surface area contributed by atoms with Crippen LogP contribution in [0.3, 0.4) is 0 Å². The minimum absolute atomic E-state index is 0.133. The van der Waals surface area contributed by atoms with E-state index < -0.39 is 5.91 Å². The molecule has 0 spiro atoms. The summed E-state index contributed by atoms with van der Waals surface area (Å²) in [5.41, 5.74) is 5.56. The molecule has 104 valence electrons. The molecule has 0 saturated heterocycles. The quantitative estimate of drug-likeness (QED) is 0.618. The standard InChI is InChI=1S/C11H9BrN4O2S2/c12-7-3-1-2-6(4-7)9(18)14-10-15-16-11(20-10)19-5-8(13)17/h1-4H,5H2,(H2,13,17)(H,14,15,18). The number of benzene rings is 1. The van der Waals surface area contributed by atoms with Gasteiger partial charge >= 0.3 is 0 Å². The van der Waals surface area contributed by atoms with E-state index >= 15 is 0 Å². The van der Waals surface area contributed by atoms with Gasteiger partial charge in [-0.1, -0.05) is 45.1 Å². The minimum Gasteiger partial charge on any atom is -0.369 e. The van der Waals surface area contributed by atoms with Crippen molar-refractivity contribution in [3.8, 4) is 0 Å². The Morgan fingerprint density at radius 3 is 2.90 bits per heavy atom. The van der Waals surface area contributed by atoms with Crippen molar-refractivity contribution in [2.24, 2.45) is 5.73 Å². The lowest BCUT2D eigenvalue weighted by Crippen LogP contribution is -2.12. The Hall–Kier alpha value is -1.45. The van der Waals surface area contributed by atoms with Gasteiger partial charge in [0, 0.05) is 10.0 Å². The number of carbonyl (C=O) groups is 2. The molecule has 0 fully saturated rings. The average molecular weight is 373 g/mol. The molecular weight excluding hydrogens is 364 g/mol. The van der Waals surface area contributed by atoms with Gasteiger partial charge in [0.15, 0.2) is 4.34 Å². The summed E-state index contributed by atoms with van der Waals surface area (Å²) >= 11 is 5.68. The number of carbonyl (C=O) groups excluding carboxylic acids is 2. The van der Waals surface area contributed by atoms with Crippen LogP contribution in [0.4, 0.5) is 5.13 Å². The fourth-order valence-corrected chi connectivity index (χ4v) is 3.14. The Bertz CT molecular complexity index is 647. The van der Waals surface area contributed by atoms with Crippen LogP contribution in [0.2, 0.25) is 0 Å². The summed E-state index contributed by atoms with van der Waals surface area (Å²) in [7, 11) is 0. The number of nitrogens with two attached hydrogens (primary N) is 1. The number of rotatable bonds is 5. The average Bonchev–Trinajstić information content (AvgIpc) is 2.84. The summed E-state index contributed by atoms with van der Waals surface area (Å²) in [4.78, 5) is 22.6.